The predicted molar refractivity (Wildman–Crippen MR) is 63.7 cm³/mol. The molecule has 1 aliphatic rings. The molecule has 0 radical (unpaired) electrons. The van der Waals surface area contributed by atoms with Gasteiger partial charge >= 0.3 is 0 Å². The van der Waals surface area contributed by atoms with E-state index in [0.717, 1.165) is 32.2 Å². The Balaban J connectivity index is 2.33. The lowest BCUT2D eigenvalue weighted by molar-refractivity contribution is 0.110. The molecule has 1 fully saturated rings. The molecule has 2 atom stereocenters. The van der Waals surface area contributed by atoms with E-state index in [4.69, 9.17) is 5.73 Å². The normalized spacial score (nSPS) is 27.2. The van der Waals surface area contributed by atoms with Crippen LogP contribution >= 0.6 is 0 Å². The molecule has 0 aliphatic heterocycles. The van der Waals surface area contributed by atoms with Crippen molar-refractivity contribution < 1.29 is 5.11 Å². The van der Waals surface area contributed by atoms with Crippen molar-refractivity contribution in [3.05, 3.63) is 0 Å². The summed E-state index contributed by atoms with van der Waals surface area (Å²) in [6, 6.07) is 0.957. The Bertz CT molecular complexity index is 172. The van der Waals surface area contributed by atoms with Crippen molar-refractivity contribution in [2.24, 2.45) is 11.1 Å². The molecule has 0 bridgehead atoms. The van der Waals surface area contributed by atoms with Crippen molar-refractivity contribution in [2.45, 2.75) is 58.0 Å². The van der Waals surface area contributed by atoms with Crippen LogP contribution in [-0.2, 0) is 0 Å². The summed E-state index contributed by atoms with van der Waals surface area (Å²) in [6.07, 6.45) is 5.49. The number of aliphatic hydroxyl groups is 1. The van der Waals surface area contributed by atoms with Gasteiger partial charge in [-0.15, -0.1) is 0 Å². The maximum Gasteiger partial charge on any atom is 0.0499 e. The Labute approximate surface area is 93.4 Å². The van der Waals surface area contributed by atoms with Gasteiger partial charge in [-0.05, 0) is 32.1 Å². The topological polar surface area (TPSA) is 58.3 Å². The van der Waals surface area contributed by atoms with Gasteiger partial charge in [0.25, 0.3) is 0 Å². The number of hydrogen-bond donors (Lipinski definition) is 3. The molecule has 0 aromatic rings. The highest BCUT2D eigenvalue weighted by molar-refractivity contribution is 4.86. The molecule has 0 amide bonds. The summed E-state index contributed by atoms with van der Waals surface area (Å²) in [5.41, 5.74) is 5.95. The number of nitrogens with two attached hydrogens (primary N) is 1. The first-order valence-electron chi connectivity index (χ1n) is 6.25. The minimum atomic E-state index is 0.0761. The van der Waals surface area contributed by atoms with Gasteiger partial charge in [0.2, 0.25) is 0 Å². The standard InChI is InChI=1S/C12H26N2O/c1-3-12(4-2,9-15)8-14-11-6-5-10(13)7-11/h10-11,14-15H,3-9,13H2,1-2H3. The highest BCUT2D eigenvalue weighted by Gasteiger charge is 2.28. The summed E-state index contributed by atoms with van der Waals surface area (Å²) in [7, 11) is 0. The summed E-state index contributed by atoms with van der Waals surface area (Å²) in [5.74, 6) is 0. The SMILES string of the molecule is CCC(CC)(CO)CNC1CCC(N)C1. The van der Waals surface area contributed by atoms with E-state index in [1.807, 2.05) is 0 Å². The molecule has 1 rings (SSSR count). The minimum absolute atomic E-state index is 0.0761. The molecule has 90 valence electrons. The number of nitrogens with one attached hydrogen (secondary N) is 1. The van der Waals surface area contributed by atoms with Crippen LogP contribution in [0.3, 0.4) is 0 Å². The third-order valence-electron chi connectivity index (χ3n) is 4.07. The van der Waals surface area contributed by atoms with E-state index >= 15 is 0 Å². The molecule has 0 heterocycles. The third-order valence-corrected chi connectivity index (χ3v) is 4.07. The fourth-order valence-electron chi connectivity index (χ4n) is 2.34. The lowest BCUT2D eigenvalue weighted by atomic mass is 9.83. The molecule has 1 aliphatic carbocycles. The summed E-state index contributed by atoms with van der Waals surface area (Å²) < 4.78 is 0. The van der Waals surface area contributed by atoms with E-state index < -0.39 is 0 Å². The van der Waals surface area contributed by atoms with Crippen LogP contribution in [0.1, 0.15) is 46.0 Å². The minimum Gasteiger partial charge on any atom is -0.396 e. The molecular weight excluding hydrogens is 188 g/mol. The molecule has 0 saturated heterocycles. The van der Waals surface area contributed by atoms with Gasteiger partial charge in [-0.3, -0.25) is 0 Å². The van der Waals surface area contributed by atoms with E-state index in [-0.39, 0.29) is 12.0 Å². The average Bonchev–Trinajstić information content (AvgIpc) is 2.67. The second-order valence-corrected chi connectivity index (χ2v) is 5.02. The maximum absolute atomic E-state index is 9.44. The van der Waals surface area contributed by atoms with Gasteiger partial charge in [0.1, 0.15) is 0 Å². The quantitative estimate of drug-likeness (QED) is 0.624. The Morgan fingerprint density at radius 1 is 1.33 bits per heavy atom. The third kappa shape index (κ3) is 3.44. The van der Waals surface area contributed by atoms with Crippen LogP contribution in [0.25, 0.3) is 0 Å². The van der Waals surface area contributed by atoms with Crippen LogP contribution in [0.4, 0.5) is 0 Å². The molecule has 3 nitrogen and oxygen atoms in total. The zero-order chi connectivity index (χ0) is 11.3. The van der Waals surface area contributed by atoms with Crippen molar-refractivity contribution >= 4 is 0 Å². The molecule has 0 aromatic carbocycles. The van der Waals surface area contributed by atoms with E-state index in [0.29, 0.717) is 12.1 Å². The fourth-order valence-corrected chi connectivity index (χ4v) is 2.34. The molecular formula is C12H26N2O. The first-order valence-corrected chi connectivity index (χ1v) is 6.25. The Kier molecular flexibility index (Phi) is 5.03. The Hall–Kier alpha value is -0.120. The van der Waals surface area contributed by atoms with Gasteiger partial charge in [-0.2, -0.15) is 0 Å². The second-order valence-electron chi connectivity index (χ2n) is 5.02. The van der Waals surface area contributed by atoms with Crippen LogP contribution in [0.2, 0.25) is 0 Å². The molecule has 3 heteroatoms. The Morgan fingerprint density at radius 2 is 2.00 bits per heavy atom. The molecule has 0 spiro atoms. The van der Waals surface area contributed by atoms with Gasteiger partial charge in [0.05, 0.1) is 0 Å². The van der Waals surface area contributed by atoms with Crippen molar-refractivity contribution in [2.75, 3.05) is 13.2 Å². The second kappa shape index (κ2) is 5.83. The summed E-state index contributed by atoms with van der Waals surface area (Å²) in [4.78, 5) is 0. The van der Waals surface area contributed by atoms with Gasteiger partial charge < -0.3 is 16.2 Å². The number of rotatable bonds is 6. The lowest BCUT2D eigenvalue weighted by Crippen LogP contribution is -2.41. The van der Waals surface area contributed by atoms with Crippen molar-refractivity contribution in [1.82, 2.24) is 5.32 Å². The van der Waals surface area contributed by atoms with Crippen molar-refractivity contribution in [1.29, 1.82) is 0 Å². The van der Waals surface area contributed by atoms with Crippen molar-refractivity contribution in [3.8, 4) is 0 Å². The van der Waals surface area contributed by atoms with Crippen LogP contribution in [0.15, 0.2) is 0 Å². The van der Waals surface area contributed by atoms with Crippen LogP contribution in [0.5, 0.6) is 0 Å². The zero-order valence-corrected chi connectivity index (χ0v) is 10.1. The molecule has 2 unspecified atom stereocenters. The highest BCUT2D eigenvalue weighted by Crippen LogP contribution is 2.26. The number of aliphatic hydroxyl groups excluding tert-OH is 1. The van der Waals surface area contributed by atoms with E-state index in [9.17, 15) is 5.11 Å². The van der Waals surface area contributed by atoms with Crippen LogP contribution < -0.4 is 11.1 Å². The molecule has 1 saturated carbocycles. The number of hydrogen-bond acceptors (Lipinski definition) is 3. The lowest BCUT2D eigenvalue weighted by Gasteiger charge is -2.31. The van der Waals surface area contributed by atoms with Gasteiger partial charge in [0.15, 0.2) is 0 Å². The summed E-state index contributed by atoms with van der Waals surface area (Å²) in [6.45, 7) is 5.52. The van der Waals surface area contributed by atoms with Crippen LogP contribution in [0, 0.1) is 5.41 Å². The van der Waals surface area contributed by atoms with E-state index in [1.165, 1.54) is 6.42 Å². The average molecular weight is 214 g/mol. The van der Waals surface area contributed by atoms with E-state index in [1.54, 1.807) is 0 Å². The summed E-state index contributed by atoms with van der Waals surface area (Å²) >= 11 is 0. The fraction of sp³-hybridized carbons (Fsp3) is 1.00. The Morgan fingerprint density at radius 3 is 2.40 bits per heavy atom. The highest BCUT2D eigenvalue weighted by atomic mass is 16.3. The summed E-state index contributed by atoms with van der Waals surface area (Å²) in [5, 5.41) is 13.0. The smallest absolute Gasteiger partial charge is 0.0499 e. The first-order chi connectivity index (χ1) is 7.15. The van der Waals surface area contributed by atoms with Crippen molar-refractivity contribution in [3.63, 3.8) is 0 Å². The van der Waals surface area contributed by atoms with Gasteiger partial charge in [-0.25, -0.2) is 0 Å². The first kappa shape index (κ1) is 12.9. The molecule has 4 N–H and O–H groups in total. The molecule has 15 heavy (non-hydrogen) atoms. The monoisotopic (exact) mass is 214 g/mol. The predicted octanol–water partition coefficient (Wildman–Crippen LogP) is 1.25. The van der Waals surface area contributed by atoms with Crippen LogP contribution in [-0.4, -0.2) is 30.3 Å². The van der Waals surface area contributed by atoms with Gasteiger partial charge in [-0.1, -0.05) is 13.8 Å². The maximum atomic E-state index is 9.44. The molecule has 0 aromatic heterocycles. The zero-order valence-electron chi connectivity index (χ0n) is 10.1. The largest absolute Gasteiger partial charge is 0.396 e. The van der Waals surface area contributed by atoms with E-state index in [2.05, 4.69) is 19.2 Å². The van der Waals surface area contributed by atoms with Gasteiger partial charge in [0, 0.05) is 30.7 Å².